The zero-order valence-corrected chi connectivity index (χ0v) is 18.8. The molecule has 1 aliphatic rings. The summed E-state index contributed by atoms with van der Waals surface area (Å²) in [6, 6.07) is 13.3. The van der Waals surface area contributed by atoms with Crippen LogP contribution in [0.4, 0.5) is 5.69 Å². The topological polar surface area (TPSA) is 72.5 Å². The molecule has 32 heavy (non-hydrogen) atoms. The molecule has 0 spiro atoms. The van der Waals surface area contributed by atoms with Crippen molar-refractivity contribution in [2.24, 2.45) is 0 Å². The summed E-state index contributed by atoms with van der Waals surface area (Å²) in [7, 11) is 0. The first-order valence-electron chi connectivity index (χ1n) is 11.4. The molecule has 2 N–H and O–H groups in total. The number of carbonyl (C=O) groups excluding carboxylic acids is 1. The van der Waals surface area contributed by atoms with Crippen molar-refractivity contribution in [2.75, 3.05) is 25.1 Å². The number of ether oxygens (including phenoxy) is 2. The molecule has 2 aromatic carbocycles. The highest BCUT2D eigenvalue weighted by Gasteiger charge is 2.16. The maximum Gasteiger partial charge on any atom is 0.255 e. The third kappa shape index (κ3) is 5.44. The summed E-state index contributed by atoms with van der Waals surface area (Å²) in [4.78, 5) is 17.4. The molecule has 0 saturated carbocycles. The molecule has 4 rings (SSSR count). The van der Waals surface area contributed by atoms with Gasteiger partial charge in [-0.15, -0.1) is 0 Å². The van der Waals surface area contributed by atoms with E-state index in [4.69, 9.17) is 9.47 Å². The van der Waals surface area contributed by atoms with Gasteiger partial charge in [0.25, 0.3) is 5.91 Å². The lowest BCUT2D eigenvalue weighted by Crippen LogP contribution is -2.16. The summed E-state index contributed by atoms with van der Waals surface area (Å²) in [5, 5.41) is 7.49. The van der Waals surface area contributed by atoms with Crippen LogP contribution in [-0.2, 0) is 11.3 Å². The van der Waals surface area contributed by atoms with Gasteiger partial charge < -0.3 is 20.1 Å². The van der Waals surface area contributed by atoms with Crippen molar-refractivity contribution in [2.45, 2.75) is 45.8 Å². The third-order valence-corrected chi connectivity index (χ3v) is 5.74. The molecule has 1 saturated heterocycles. The largest absolute Gasteiger partial charge is 0.491 e. The first kappa shape index (κ1) is 22.2. The molecule has 1 unspecified atom stereocenters. The molecule has 0 aliphatic carbocycles. The molecule has 168 valence electrons. The number of anilines is 1. The number of aromatic nitrogens is 1. The fourth-order valence-corrected chi connectivity index (χ4v) is 3.90. The summed E-state index contributed by atoms with van der Waals surface area (Å²) in [5.41, 5.74) is 4.37. The molecule has 6 nitrogen and oxygen atoms in total. The van der Waals surface area contributed by atoms with Gasteiger partial charge in [0.05, 0.1) is 11.6 Å². The maximum absolute atomic E-state index is 12.8. The van der Waals surface area contributed by atoms with E-state index in [1.54, 1.807) is 12.1 Å². The van der Waals surface area contributed by atoms with Crippen molar-refractivity contribution < 1.29 is 14.3 Å². The molecule has 1 fully saturated rings. The second-order valence-electron chi connectivity index (χ2n) is 8.25. The molecule has 1 aromatic heterocycles. The first-order valence-corrected chi connectivity index (χ1v) is 11.4. The Balaban J connectivity index is 1.40. The van der Waals surface area contributed by atoms with Crippen molar-refractivity contribution in [1.29, 1.82) is 0 Å². The Morgan fingerprint density at radius 3 is 2.81 bits per heavy atom. The number of hydrogen-bond donors (Lipinski definition) is 2. The van der Waals surface area contributed by atoms with Crippen molar-refractivity contribution in [3.05, 3.63) is 65.4 Å². The Morgan fingerprint density at radius 1 is 1.22 bits per heavy atom. The fraction of sp³-hybridized carbons (Fsp3) is 0.385. The summed E-state index contributed by atoms with van der Waals surface area (Å²) < 4.78 is 11.4. The normalized spacial score (nSPS) is 15.8. The summed E-state index contributed by atoms with van der Waals surface area (Å²) in [6.07, 6.45) is 5.31. The van der Waals surface area contributed by atoms with Crippen LogP contribution in [0.3, 0.4) is 0 Å². The lowest BCUT2D eigenvalue weighted by molar-refractivity contribution is 0.0679. The average Bonchev–Trinajstić information content (AvgIpc) is 3.34. The van der Waals surface area contributed by atoms with E-state index >= 15 is 0 Å². The maximum atomic E-state index is 12.8. The van der Waals surface area contributed by atoms with E-state index in [-0.39, 0.29) is 12.0 Å². The molecule has 3 aromatic rings. The van der Waals surface area contributed by atoms with Crippen molar-refractivity contribution >= 4 is 22.5 Å². The number of rotatable bonds is 9. The summed E-state index contributed by atoms with van der Waals surface area (Å²) >= 11 is 0. The van der Waals surface area contributed by atoms with Gasteiger partial charge in [0, 0.05) is 36.0 Å². The monoisotopic (exact) mass is 433 g/mol. The standard InChI is InChI=1S/C26H31N3O3/c1-3-12-27-15-19-14-21-8-11-24(18(2)25(21)28-16-19)29-26(30)20-6-9-22(10-7-20)32-17-23-5-4-13-31-23/h6-11,14,16,23,27H,3-5,12-13,15,17H2,1-2H3,(H,29,30). The minimum absolute atomic E-state index is 0.154. The predicted octanol–water partition coefficient (Wildman–Crippen LogP) is 4.85. The van der Waals surface area contributed by atoms with Gasteiger partial charge in [0.2, 0.25) is 0 Å². The molecular formula is C26H31N3O3. The molecule has 0 bridgehead atoms. The number of pyridine rings is 1. The Morgan fingerprint density at radius 2 is 2.06 bits per heavy atom. The highest BCUT2D eigenvalue weighted by Crippen LogP contribution is 2.25. The highest BCUT2D eigenvalue weighted by atomic mass is 16.5. The Bertz CT molecular complexity index is 1060. The molecule has 1 amide bonds. The zero-order chi connectivity index (χ0) is 22.3. The number of amides is 1. The summed E-state index contributed by atoms with van der Waals surface area (Å²) in [6.45, 7) is 7.30. The third-order valence-electron chi connectivity index (χ3n) is 5.74. The van der Waals surface area contributed by atoms with Gasteiger partial charge in [-0.05, 0) is 80.3 Å². The number of carbonyl (C=O) groups is 1. The van der Waals surface area contributed by atoms with Crippen LogP contribution in [0.25, 0.3) is 10.9 Å². The van der Waals surface area contributed by atoms with Crippen LogP contribution in [0, 0.1) is 6.92 Å². The quantitative estimate of drug-likeness (QED) is 0.472. The van der Waals surface area contributed by atoms with E-state index < -0.39 is 0 Å². The van der Waals surface area contributed by atoms with Gasteiger partial charge in [-0.1, -0.05) is 13.0 Å². The zero-order valence-electron chi connectivity index (χ0n) is 18.8. The number of nitrogens with zero attached hydrogens (tertiary/aromatic N) is 1. The molecular weight excluding hydrogens is 402 g/mol. The Kier molecular flexibility index (Phi) is 7.35. The molecule has 6 heteroatoms. The van der Waals surface area contributed by atoms with E-state index in [9.17, 15) is 4.79 Å². The lowest BCUT2D eigenvalue weighted by Gasteiger charge is -2.13. The van der Waals surface area contributed by atoms with Crippen molar-refractivity contribution in [3.63, 3.8) is 0 Å². The summed E-state index contributed by atoms with van der Waals surface area (Å²) in [5.74, 6) is 0.589. The fourth-order valence-electron chi connectivity index (χ4n) is 3.90. The molecule has 1 aliphatic heterocycles. The van der Waals surface area contributed by atoms with Crippen molar-refractivity contribution in [1.82, 2.24) is 10.3 Å². The minimum Gasteiger partial charge on any atom is -0.491 e. The van der Waals surface area contributed by atoms with Crippen LogP contribution in [0.1, 0.15) is 47.7 Å². The second kappa shape index (κ2) is 10.6. The van der Waals surface area contributed by atoms with Gasteiger partial charge in [-0.25, -0.2) is 0 Å². The van der Waals surface area contributed by atoms with Crippen LogP contribution in [0.2, 0.25) is 0 Å². The van der Waals surface area contributed by atoms with Crippen LogP contribution >= 0.6 is 0 Å². The number of benzene rings is 2. The van der Waals surface area contributed by atoms with Crippen LogP contribution < -0.4 is 15.4 Å². The Labute approximate surface area is 189 Å². The van der Waals surface area contributed by atoms with Crippen LogP contribution in [0.15, 0.2) is 48.7 Å². The van der Waals surface area contributed by atoms with Crippen LogP contribution in [0.5, 0.6) is 5.75 Å². The van der Waals surface area contributed by atoms with Gasteiger partial charge in [0.1, 0.15) is 12.4 Å². The number of aryl methyl sites for hydroxylation is 1. The SMILES string of the molecule is CCCNCc1cnc2c(C)c(NC(=O)c3ccc(OCC4CCCO4)cc3)ccc2c1. The first-order chi connectivity index (χ1) is 15.6. The van der Waals surface area contributed by atoms with Gasteiger partial charge in [-0.2, -0.15) is 0 Å². The molecule has 1 atom stereocenters. The van der Waals surface area contributed by atoms with Gasteiger partial charge >= 0.3 is 0 Å². The van der Waals surface area contributed by atoms with E-state index in [0.717, 1.165) is 72.4 Å². The van der Waals surface area contributed by atoms with E-state index in [0.29, 0.717) is 12.2 Å². The Hall–Kier alpha value is -2.96. The molecule has 2 heterocycles. The number of fused-ring (bicyclic) bond motifs is 1. The highest BCUT2D eigenvalue weighted by molar-refractivity contribution is 6.06. The minimum atomic E-state index is -0.154. The number of nitrogens with one attached hydrogen (secondary N) is 2. The smallest absolute Gasteiger partial charge is 0.255 e. The van der Waals surface area contributed by atoms with E-state index in [1.165, 1.54) is 0 Å². The lowest BCUT2D eigenvalue weighted by atomic mass is 10.1. The van der Waals surface area contributed by atoms with E-state index in [2.05, 4.69) is 28.6 Å². The van der Waals surface area contributed by atoms with E-state index in [1.807, 2.05) is 37.4 Å². The van der Waals surface area contributed by atoms with Crippen molar-refractivity contribution in [3.8, 4) is 5.75 Å². The predicted molar refractivity (Wildman–Crippen MR) is 127 cm³/mol. The number of hydrogen-bond acceptors (Lipinski definition) is 5. The second-order valence-corrected chi connectivity index (χ2v) is 8.25. The van der Waals surface area contributed by atoms with Crippen LogP contribution in [-0.4, -0.2) is 36.8 Å². The van der Waals surface area contributed by atoms with Gasteiger partial charge in [0.15, 0.2) is 0 Å². The molecule has 0 radical (unpaired) electrons. The average molecular weight is 434 g/mol. The van der Waals surface area contributed by atoms with Gasteiger partial charge in [-0.3, -0.25) is 9.78 Å².